The van der Waals surface area contributed by atoms with Gasteiger partial charge in [-0.15, -0.1) is 0 Å². The largest absolute Gasteiger partial charge is 0.0885 e. The first-order valence-electron chi connectivity index (χ1n) is 15.6. The van der Waals surface area contributed by atoms with Gasteiger partial charge >= 0.3 is 0 Å². The summed E-state index contributed by atoms with van der Waals surface area (Å²) in [6, 6.07) is 0. The Morgan fingerprint density at radius 1 is 0.250 bits per heavy atom. The molecule has 32 heavy (non-hydrogen) atoms. The van der Waals surface area contributed by atoms with Gasteiger partial charge in [0.15, 0.2) is 0 Å². The molecule has 0 spiro atoms. The van der Waals surface area contributed by atoms with Crippen molar-refractivity contribution >= 4 is 0 Å². The van der Waals surface area contributed by atoms with E-state index in [0.717, 1.165) is 0 Å². The maximum atomic E-state index is 2.46. The van der Waals surface area contributed by atoms with Crippen molar-refractivity contribution < 1.29 is 0 Å². The first-order chi connectivity index (χ1) is 15.9. The average Bonchev–Trinajstić information content (AvgIpc) is 2.81. The van der Waals surface area contributed by atoms with Gasteiger partial charge in [0.05, 0.1) is 0 Å². The molecule has 0 aromatic rings. The van der Waals surface area contributed by atoms with E-state index < -0.39 is 0 Å². The third kappa shape index (κ3) is 29.7. The molecular weight excluding hydrogens is 384 g/mol. The Hall–Kier alpha value is -0.260. The van der Waals surface area contributed by atoms with Crippen LogP contribution in [0.15, 0.2) is 12.2 Å². The first kappa shape index (κ1) is 31.7. The van der Waals surface area contributed by atoms with Crippen LogP contribution < -0.4 is 0 Å². The fourth-order valence-corrected chi connectivity index (χ4v) is 4.80. The topological polar surface area (TPSA) is 0 Å². The Labute approximate surface area is 205 Å². The summed E-state index contributed by atoms with van der Waals surface area (Å²) in [6.07, 6.45) is 45.4. The van der Waals surface area contributed by atoms with Gasteiger partial charge in [0, 0.05) is 0 Å². The Bertz CT molecular complexity index is 329. The molecule has 0 atom stereocenters. The third-order valence-electron chi connectivity index (χ3n) is 7.12. The normalized spacial score (nSPS) is 11.7. The molecule has 0 heterocycles. The lowest BCUT2D eigenvalue weighted by molar-refractivity contribution is 0.536. The fourth-order valence-electron chi connectivity index (χ4n) is 4.80. The minimum Gasteiger partial charge on any atom is -0.0885 e. The second-order valence-corrected chi connectivity index (χ2v) is 10.5. The number of allylic oxidation sites excluding steroid dienone is 2. The van der Waals surface area contributed by atoms with E-state index in [9.17, 15) is 0 Å². The van der Waals surface area contributed by atoms with E-state index in [0.29, 0.717) is 0 Å². The zero-order chi connectivity index (χ0) is 23.2. The molecule has 0 unspecified atom stereocenters. The monoisotopic (exact) mass is 449 g/mol. The third-order valence-corrected chi connectivity index (χ3v) is 7.12. The zero-order valence-electron chi connectivity index (χ0n) is 23.0. The number of hydrogen-bond acceptors (Lipinski definition) is 0. The van der Waals surface area contributed by atoms with Crippen LogP contribution in [0.4, 0.5) is 0 Å². The van der Waals surface area contributed by atoms with Gasteiger partial charge < -0.3 is 0 Å². The van der Waals surface area contributed by atoms with E-state index in [2.05, 4.69) is 26.0 Å². The highest BCUT2D eigenvalue weighted by molar-refractivity contribution is 4.81. The molecule has 0 fully saturated rings. The first-order valence-corrected chi connectivity index (χ1v) is 15.6. The van der Waals surface area contributed by atoms with Crippen LogP contribution in [0.1, 0.15) is 194 Å². The Morgan fingerprint density at radius 3 is 0.656 bits per heavy atom. The van der Waals surface area contributed by atoms with Gasteiger partial charge in [0.25, 0.3) is 0 Å². The van der Waals surface area contributed by atoms with Crippen LogP contribution in [0.25, 0.3) is 0 Å². The van der Waals surface area contributed by atoms with Crippen LogP contribution in [-0.2, 0) is 0 Å². The van der Waals surface area contributed by atoms with Gasteiger partial charge in [-0.1, -0.05) is 180 Å². The van der Waals surface area contributed by atoms with Gasteiger partial charge in [0.1, 0.15) is 0 Å². The SMILES string of the molecule is CCCCCCCCCCCCCCC=CCCCCCCCCCCCCCCCC. The molecule has 0 aromatic heterocycles. The van der Waals surface area contributed by atoms with Crippen molar-refractivity contribution in [2.45, 2.75) is 194 Å². The highest BCUT2D eigenvalue weighted by atomic mass is 14.0. The van der Waals surface area contributed by atoms with Gasteiger partial charge in [-0.25, -0.2) is 0 Å². The summed E-state index contributed by atoms with van der Waals surface area (Å²) >= 11 is 0. The van der Waals surface area contributed by atoms with Crippen LogP contribution in [0, 0.1) is 0 Å². The highest BCUT2D eigenvalue weighted by Crippen LogP contribution is 2.14. The molecule has 0 rings (SSSR count). The number of rotatable bonds is 28. The fraction of sp³-hybridized carbons (Fsp3) is 0.938. The van der Waals surface area contributed by atoms with Crippen LogP contribution in [0.5, 0.6) is 0 Å². The molecule has 0 aliphatic carbocycles. The molecular formula is C32H64. The number of hydrogen-bond donors (Lipinski definition) is 0. The predicted molar refractivity (Wildman–Crippen MR) is 150 cm³/mol. The summed E-state index contributed by atoms with van der Waals surface area (Å²) in [5.74, 6) is 0. The van der Waals surface area contributed by atoms with E-state index in [4.69, 9.17) is 0 Å². The molecule has 0 saturated carbocycles. The van der Waals surface area contributed by atoms with Crippen molar-refractivity contribution in [3.05, 3.63) is 12.2 Å². The zero-order valence-corrected chi connectivity index (χ0v) is 23.0. The summed E-state index contributed by atoms with van der Waals surface area (Å²) in [4.78, 5) is 0. The second kappa shape index (κ2) is 30.7. The van der Waals surface area contributed by atoms with Crippen LogP contribution in [0.3, 0.4) is 0 Å². The van der Waals surface area contributed by atoms with E-state index in [1.807, 2.05) is 0 Å². The van der Waals surface area contributed by atoms with Gasteiger partial charge in [-0.3, -0.25) is 0 Å². The van der Waals surface area contributed by atoms with E-state index in [1.54, 1.807) is 0 Å². The van der Waals surface area contributed by atoms with Crippen molar-refractivity contribution in [2.75, 3.05) is 0 Å². The highest BCUT2D eigenvalue weighted by Gasteiger charge is 1.95. The van der Waals surface area contributed by atoms with Crippen molar-refractivity contribution in [1.82, 2.24) is 0 Å². The molecule has 0 bridgehead atoms. The maximum Gasteiger partial charge on any atom is -0.0351 e. The minimum absolute atomic E-state index is 1.32. The molecule has 192 valence electrons. The summed E-state index contributed by atoms with van der Waals surface area (Å²) < 4.78 is 0. The molecule has 0 aliphatic rings. The predicted octanol–water partition coefficient (Wildman–Crippen LogP) is 12.5. The quantitative estimate of drug-likeness (QED) is 0.0824. The van der Waals surface area contributed by atoms with Gasteiger partial charge in [-0.2, -0.15) is 0 Å². The van der Waals surface area contributed by atoms with E-state index in [1.165, 1.54) is 180 Å². The Morgan fingerprint density at radius 2 is 0.438 bits per heavy atom. The van der Waals surface area contributed by atoms with E-state index >= 15 is 0 Å². The molecule has 0 heteroatoms. The van der Waals surface area contributed by atoms with Gasteiger partial charge in [0.2, 0.25) is 0 Å². The molecule has 0 aromatic carbocycles. The summed E-state index contributed by atoms with van der Waals surface area (Å²) in [5.41, 5.74) is 0. The van der Waals surface area contributed by atoms with Crippen molar-refractivity contribution in [2.24, 2.45) is 0 Å². The Kier molecular flexibility index (Phi) is 30.5. The van der Waals surface area contributed by atoms with Crippen molar-refractivity contribution in [1.29, 1.82) is 0 Å². The average molecular weight is 449 g/mol. The molecule has 0 aliphatic heterocycles. The van der Waals surface area contributed by atoms with Crippen LogP contribution in [0.2, 0.25) is 0 Å². The summed E-state index contributed by atoms with van der Waals surface area (Å²) in [6.45, 7) is 4.61. The lowest BCUT2D eigenvalue weighted by atomic mass is 10.0. The summed E-state index contributed by atoms with van der Waals surface area (Å²) in [7, 11) is 0. The van der Waals surface area contributed by atoms with Crippen molar-refractivity contribution in [3.63, 3.8) is 0 Å². The molecule has 0 radical (unpaired) electrons. The maximum absolute atomic E-state index is 2.46. The lowest BCUT2D eigenvalue weighted by Gasteiger charge is -2.03. The van der Waals surface area contributed by atoms with E-state index in [-0.39, 0.29) is 0 Å². The van der Waals surface area contributed by atoms with Crippen molar-refractivity contribution in [3.8, 4) is 0 Å². The molecule has 0 N–H and O–H groups in total. The van der Waals surface area contributed by atoms with Gasteiger partial charge in [-0.05, 0) is 25.7 Å². The molecule has 0 amide bonds. The molecule has 0 nitrogen and oxygen atoms in total. The minimum atomic E-state index is 1.32. The summed E-state index contributed by atoms with van der Waals surface area (Å²) in [5, 5.41) is 0. The van der Waals surface area contributed by atoms with Crippen LogP contribution in [-0.4, -0.2) is 0 Å². The smallest absolute Gasteiger partial charge is 0.0351 e. The second-order valence-electron chi connectivity index (χ2n) is 10.5. The standard InChI is InChI=1S/C32H64/c1-3-5-7-9-11-13-15-17-19-21-23-25-27-29-31-32-30-28-26-24-22-20-18-16-14-12-10-8-6-4-2/h29,31H,3-28,30,32H2,1-2H3. The lowest BCUT2D eigenvalue weighted by Crippen LogP contribution is -1.83. The molecule has 0 saturated heterocycles. The Balaban J connectivity index is 3.06. The van der Waals surface area contributed by atoms with Crippen LogP contribution >= 0.6 is 0 Å². The number of unbranched alkanes of at least 4 members (excludes halogenated alkanes) is 26.